The van der Waals surface area contributed by atoms with Gasteiger partial charge in [-0.15, -0.1) is 0 Å². The van der Waals surface area contributed by atoms with Crippen molar-refractivity contribution in [2.24, 2.45) is 0 Å². The predicted octanol–water partition coefficient (Wildman–Crippen LogP) is 3.78. The molecule has 0 saturated carbocycles. The number of halogens is 3. The van der Waals surface area contributed by atoms with E-state index in [4.69, 9.17) is 16.3 Å². The monoisotopic (exact) mass is 599 g/mol. The molecule has 1 unspecified atom stereocenters. The minimum atomic E-state index is -1.28. The molecule has 1 amide bonds. The first kappa shape index (κ1) is 29.8. The molecule has 2 aliphatic heterocycles. The fourth-order valence-electron chi connectivity index (χ4n) is 5.16. The summed E-state index contributed by atoms with van der Waals surface area (Å²) < 4.78 is 35.8. The molecule has 9 nitrogen and oxygen atoms in total. The molecule has 6 rings (SSSR count). The standard InChI is InChI=1S/C25H21ClF2N4O3.C5H11NO/c26-20-13-18-22(32(20)16-5-2-1-3-6-16)29-15-31(24(18)34)14-25(35)9-11-30(12-10-25)23(33)17-7-4-8-19(27)21(17)28;1-5-4-6-2-3-7-5/h1-8,13,15,35H,9-12,14H2;5-6H,2-4H2,1H3. The molecule has 0 aliphatic carbocycles. The number of ether oxygens (including phenoxy) is 1. The van der Waals surface area contributed by atoms with Crippen LogP contribution in [0.2, 0.25) is 5.15 Å². The number of rotatable bonds is 4. The maximum Gasteiger partial charge on any atom is 0.262 e. The van der Waals surface area contributed by atoms with E-state index in [1.54, 1.807) is 10.6 Å². The van der Waals surface area contributed by atoms with Crippen LogP contribution in [-0.4, -0.2) is 74.5 Å². The van der Waals surface area contributed by atoms with Gasteiger partial charge < -0.3 is 20.1 Å². The number of aliphatic hydroxyl groups is 1. The molecule has 4 heterocycles. The Kier molecular flexibility index (Phi) is 9.02. The fourth-order valence-corrected chi connectivity index (χ4v) is 5.45. The van der Waals surface area contributed by atoms with E-state index in [0.29, 0.717) is 22.3 Å². The average Bonchev–Trinajstić information content (AvgIpc) is 3.34. The summed E-state index contributed by atoms with van der Waals surface area (Å²) in [5.41, 5.74) is -0.793. The van der Waals surface area contributed by atoms with Crippen molar-refractivity contribution in [3.05, 3.63) is 93.6 Å². The number of carbonyl (C=O) groups excluding carboxylic acids is 1. The molecule has 222 valence electrons. The molecule has 0 spiro atoms. The molecular weight excluding hydrogens is 568 g/mol. The lowest BCUT2D eigenvalue weighted by atomic mass is 9.91. The first-order valence-electron chi connectivity index (χ1n) is 13.8. The number of nitrogens with one attached hydrogen (secondary N) is 1. The zero-order valence-electron chi connectivity index (χ0n) is 23.1. The molecule has 2 N–H and O–H groups in total. The van der Waals surface area contributed by atoms with Gasteiger partial charge in [0.25, 0.3) is 11.5 Å². The zero-order chi connectivity index (χ0) is 29.9. The quantitative estimate of drug-likeness (QED) is 0.370. The summed E-state index contributed by atoms with van der Waals surface area (Å²) in [6.45, 7) is 5.22. The Morgan fingerprint density at radius 2 is 1.90 bits per heavy atom. The van der Waals surface area contributed by atoms with Crippen molar-refractivity contribution in [3.8, 4) is 5.69 Å². The average molecular weight is 600 g/mol. The third kappa shape index (κ3) is 6.39. The van der Waals surface area contributed by atoms with Gasteiger partial charge in [0.05, 0.1) is 35.8 Å². The number of likely N-dealkylation sites (tertiary alicyclic amines) is 1. The Labute approximate surface area is 246 Å². The second-order valence-electron chi connectivity index (χ2n) is 10.6. The number of morpholine rings is 1. The molecule has 2 fully saturated rings. The minimum absolute atomic E-state index is 0.0285. The van der Waals surface area contributed by atoms with Crippen LogP contribution < -0.4 is 10.9 Å². The minimum Gasteiger partial charge on any atom is -0.388 e. The van der Waals surface area contributed by atoms with Crippen molar-refractivity contribution in [1.29, 1.82) is 0 Å². The smallest absolute Gasteiger partial charge is 0.262 e. The number of aromatic nitrogens is 3. The summed E-state index contributed by atoms with van der Waals surface area (Å²) in [5, 5.41) is 15.0. The van der Waals surface area contributed by atoms with Gasteiger partial charge in [-0.25, -0.2) is 13.8 Å². The van der Waals surface area contributed by atoms with Gasteiger partial charge in [-0.1, -0.05) is 35.9 Å². The number of hydrogen-bond acceptors (Lipinski definition) is 6. The number of amides is 1. The Bertz CT molecular complexity index is 1610. The molecule has 2 saturated heterocycles. The zero-order valence-corrected chi connectivity index (χ0v) is 23.9. The Hall–Kier alpha value is -3.64. The van der Waals surface area contributed by atoms with Crippen LogP contribution in [0.3, 0.4) is 0 Å². The summed E-state index contributed by atoms with van der Waals surface area (Å²) >= 11 is 6.40. The van der Waals surface area contributed by atoms with Crippen LogP contribution >= 0.6 is 11.6 Å². The lowest BCUT2D eigenvalue weighted by Crippen LogP contribution is -2.49. The van der Waals surface area contributed by atoms with Crippen LogP contribution in [0.4, 0.5) is 8.78 Å². The maximum atomic E-state index is 14.0. The predicted molar refractivity (Wildman–Crippen MR) is 155 cm³/mol. The van der Waals surface area contributed by atoms with Gasteiger partial charge in [0.2, 0.25) is 0 Å². The highest BCUT2D eigenvalue weighted by Gasteiger charge is 2.36. The number of para-hydroxylation sites is 1. The maximum absolute atomic E-state index is 14.0. The number of hydrogen-bond donors (Lipinski definition) is 2. The van der Waals surface area contributed by atoms with Crippen molar-refractivity contribution >= 4 is 28.5 Å². The highest BCUT2D eigenvalue weighted by molar-refractivity contribution is 6.31. The van der Waals surface area contributed by atoms with E-state index in [-0.39, 0.29) is 43.6 Å². The van der Waals surface area contributed by atoms with Crippen molar-refractivity contribution in [3.63, 3.8) is 0 Å². The van der Waals surface area contributed by atoms with Gasteiger partial charge in [-0.2, -0.15) is 0 Å². The van der Waals surface area contributed by atoms with E-state index in [0.717, 1.165) is 31.5 Å². The number of carbonyl (C=O) groups is 1. The van der Waals surface area contributed by atoms with Crippen molar-refractivity contribution in [1.82, 2.24) is 24.3 Å². The van der Waals surface area contributed by atoms with Gasteiger partial charge in [-0.3, -0.25) is 18.7 Å². The first-order chi connectivity index (χ1) is 20.2. The van der Waals surface area contributed by atoms with Gasteiger partial charge in [0.1, 0.15) is 11.5 Å². The van der Waals surface area contributed by atoms with E-state index in [1.165, 1.54) is 27.9 Å². The van der Waals surface area contributed by atoms with Crippen LogP contribution in [0, 0.1) is 11.6 Å². The fraction of sp³-hybridized carbons (Fsp3) is 0.367. The van der Waals surface area contributed by atoms with Gasteiger partial charge in [0, 0.05) is 31.9 Å². The van der Waals surface area contributed by atoms with Crippen molar-refractivity contribution in [2.75, 3.05) is 32.8 Å². The molecule has 0 radical (unpaired) electrons. The Balaban J connectivity index is 0.000000442. The van der Waals surface area contributed by atoms with Crippen LogP contribution in [0.15, 0.2) is 65.7 Å². The van der Waals surface area contributed by atoms with Gasteiger partial charge in [0.15, 0.2) is 17.3 Å². The number of fused-ring (bicyclic) bond motifs is 1. The molecule has 0 bridgehead atoms. The molecular formula is C30H32ClF2N5O4. The van der Waals surface area contributed by atoms with Gasteiger partial charge in [-0.05, 0) is 50.1 Å². The second-order valence-corrected chi connectivity index (χ2v) is 10.9. The largest absolute Gasteiger partial charge is 0.388 e. The third-order valence-corrected chi connectivity index (χ3v) is 7.77. The normalized spacial score (nSPS) is 18.4. The van der Waals surface area contributed by atoms with Gasteiger partial charge >= 0.3 is 0 Å². The van der Waals surface area contributed by atoms with E-state index >= 15 is 0 Å². The van der Waals surface area contributed by atoms with E-state index in [1.807, 2.05) is 30.3 Å². The summed E-state index contributed by atoms with van der Waals surface area (Å²) in [4.78, 5) is 31.6. The highest BCUT2D eigenvalue weighted by Crippen LogP contribution is 2.27. The van der Waals surface area contributed by atoms with E-state index in [2.05, 4.69) is 17.2 Å². The molecule has 42 heavy (non-hydrogen) atoms. The van der Waals surface area contributed by atoms with E-state index < -0.39 is 23.1 Å². The lowest BCUT2D eigenvalue weighted by molar-refractivity contribution is -0.0300. The number of piperidine rings is 1. The second kappa shape index (κ2) is 12.7. The van der Waals surface area contributed by atoms with Crippen LogP contribution in [0.5, 0.6) is 0 Å². The highest BCUT2D eigenvalue weighted by atomic mass is 35.5. The summed E-state index contributed by atoms with van der Waals surface area (Å²) in [6.07, 6.45) is 2.12. The summed E-state index contributed by atoms with van der Waals surface area (Å²) in [5.74, 6) is -2.92. The van der Waals surface area contributed by atoms with Crippen molar-refractivity contribution < 1.29 is 23.4 Å². The summed E-state index contributed by atoms with van der Waals surface area (Å²) in [7, 11) is 0. The lowest BCUT2D eigenvalue weighted by Gasteiger charge is -2.38. The van der Waals surface area contributed by atoms with Crippen molar-refractivity contribution in [2.45, 2.75) is 38.0 Å². The number of nitrogens with zero attached hydrogens (tertiary/aromatic N) is 4. The van der Waals surface area contributed by atoms with Crippen LogP contribution in [0.25, 0.3) is 16.7 Å². The molecule has 1 atom stereocenters. The molecule has 4 aromatic rings. The SMILES string of the molecule is CC1CNCCO1.O=C(c1cccc(F)c1F)N1CCC(O)(Cn2cnc3c(cc(Cl)n3-c3ccccc3)c2=O)CC1. The summed E-state index contributed by atoms with van der Waals surface area (Å²) in [6, 6.07) is 14.3. The Morgan fingerprint density at radius 3 is 2.55 bits per heavy atom. The molecule has 12 heteroatoms. The first-order valence-corrected chi connectivity index (χ1v) is 14.1. The number of benzene rings is 2. The van der Waals surface area contributed by atoms with E-state index in [9.17, 15) is 23.5 Å². The topological polar surface area (TPSA) is 102 Å². The Morgan fingerprint density at radius 1 is 1.17 bits per heavy atom. The molecule has 2 aliphatic rings. The van der Waals surface area contributed by atoms with Crippen LogP contribution in [0.1, 0.15) is 30.1 Å². The molecule has 2 aromatic heterocycles. The third-order valence-electron chi connectivity index (χ3n) is 7.50. The molecule has 2 aromatic carbocycles. The van der Waals surface area contributed by atoms with Crippen LogP contribution in [-0.2, 0) is 11.3 Å².